The standard InChI is InChI=1S/C10H7F3OS/c11-10(12,13)9(15)8(6-14)7-4-2-1-3-5-7/h1-6,15H/b9-8+. The maximum atomic E-state index is 12.3. The predicted octanol–water partition coefficient (Wildman–Crippen LogP) is 3.09. The van der Waals surface area contributed by atoms with Crippen molar-refractivity contribution in [1.82, 2.24) is 0 Å². The van der Waals surface area contributed by atoms with Gasteiger partial charge in [0.2, 0.25) is 0 Å². The lowest BCUT2D eigenvalue weighted by molar-refractivity contribution is -0.104. The van der Waals surface area contributed by atoms with Gasteiger partial charge in [0, 0.05) is 5.57 Å². The lowest BCUT2D eigenvalue weighted by Gasteiger charge is -2.09. The summed E-state index contributed by atoms with van der Waals surface area (Å²) in [6, 6.07) is 7.60. The molecule has 0 N–H and O–H groups in total. The van der Waals surface area contributed by atoms with Gasteiger partial charge in [-0.3, -0.25) is 4.79 Å². The van der Waals surface area contributed by atoms with Gasteiger partial charge < -0.3 is 0 Å². The molecule has 0 amide bonds. The fourth-order valence-corrected chi connectivity index (χ4v) is 1.21. The molecule has 1 aromatic rings. The molecular weight excluding hydrogens is 225 g/mol. The highest BCUT2D eigenvalue weighted by Crippen LogP contribution is 2.33. The summed E-state index contributed by atoms with van der Waals surface area (Å²) in [6.45, 7) is 0. The summed E-state index contributed by atoms with van der Waals surface area (Å²) in [5, 5.41) is 0. The van der Waals surface area contributed by atoms with E-state index in [0.29, 0.717) is 0 Å². The second-order valence-corrected chi connectivity index (χ2v) is 3.19. The molecule has 80 valence electrons. The van der Waals surface area contributed by atoms with E-state index in [-0.39, 0.29) is 11.8 Å². The first-order valence-corrected chi connectivity index (χ1v) is 4.42. The quantitative estimate of drug-likeness (QED) is 0.471. The highest BCUT2D eigenvalue weighted by atomic mass is 32.1. The number of carbonyl (C=O) groups excluding carboxylic acids is 1. The van der Waals surface area contributed by atoms with Crippen LogP contribution < -0.4 is 0 Å². The van der Waals surface area contributed by atoms with E-state index in [1.807, 2.05) is 0 Å². The van der Waals surface area contributed by atoms with Crippen LogP contribution in [-0.4, -0.2) is 12.5 Å². The van der Waals surface area contributed by atoms with E-state index in [9.17, 15) is 18.0 Å². The predicted molar refractivity (Wildman–Crippen MR) is 54.5 cm³/mol. The Kier molecular flexibility index (Phi) is 3.57. The first kappa shape index (κ1) is 11.8. The number of aldehydes is 1. The van der Waals surface area contributed by atoms with Crippen molar-refractivity contribution in [2.75, 3.05) is 0 Å². The molecule has 1 rings (SSSR count). The lowest BCUT2D eigenvalue weighted by atomic mass is 10.1. The third kappa shape index (κ3) is 2.86. The van der Waals surface area contributed by atoms with Gasteiger partial charge in [-0.15, -0.1) is 12.6 Å². The maximum absolute atomic E-state index is 12.3. The molecule has 0 radical (unpaired) electrons. The van der Waals surface area contributed by atoms with Crippen LogP contribution >= 0.6 is 12.6 Å². The van der Waals surface area contributed by atoms with Crippen LogP contribution in [-0.2, 0) is 4.79 Å². The van der Waals surface area contributed by atoms with Gasteiger partial charge in [-0.1, -0.05) is 30.3 Å². The Labute approximate surface area is 90.0 Å². The van der Waals surface area contributed by atoms with Gasteiger partial charge in [-0.2, -0.15) is 13.2 Å². The third-order valence-corrected chi connectivity index (χ3v) is 2.22. The fraction of sp³-hybridized carbons (Fsp3) is 0.100. The Morgan fingerprint density at radius 1 is 1.20 bits per heavy atom. The van der Waals surface area contributed by atoms with Crippen LogP contribution in [0.15, 0.2) is 35.2 Å². The van der Waals surface area contributed by atoms with E-state index in [2.05, 4.69) is 12.6 Å². The largest absolute Gasteiger partial charge is 0.422 e. The molecule has 0 aliphatic rings. The van der Waals surface area contributed by atoms with Crippen molar-refractivity contribution in [2.45, 2.75) is 6.18 Å². The number of alkyl halides is 3. The normalized spacial score (nSPS) is 13.3. The lowest BCUT2D eigenvalue weighted by Crippen LogP contribution is -2.10. The van der Waals surface area contributed by atoms with Gasteiger partial charge in [0.25, 0.3) is 0 Å². The molecule has 0 aliphatic carbocycles. The molecule has 5 heteroatoms. The number of hydrogen-bond acceptors (Lipinski definition) is 2. The summed E-state index contributed by atoms with van der Waals surface area (Å²) in [4.78, 5) is 9.41. The molecule has 0 spiro atoms. The molecule has 0 fully saturated rings. The van der Waals surface area contributed by atoms with E-state index in [1.165, 1.54) is 12.1 Å². The SMILES string of the molecule is O=C/C(=C(\S)C(F)(F)F)c1ccccc1. The van der Waals surface area contributed by atoms with Crippen molar-refractivity contribution in [3.05, 3.63) is 40.8 Å². The fourth-order valence-electron chi connectivity index (χ4n) is 1.03. The number of carbonyl (C=O) groups is 1. The summed E-state index contributed by atoms with van der Waals surface area (Å²) >= 11 is 3.32. The molecule has 0 atom stereocenters. The molecule has 15 heavy (non-hydrogen) atoms. The number of benzene rings is 1. The topological polar surface area (TPSA) is 17.1 Å². The first-order valence-electron chi connectivity index (χ1n) is 3.98. The Hall–Kier alpha value is -1.23. The average Bonchev–Trinajstić information content (AvgIpc) is 2.19. The van der Waals surface area contributed by atoms with Crippen molar-refractivity contribution in [2.24, 2.45) is 0 Å². The summed E-state index contributed by atoms with van der Waals surface area (Å²) in [5.41, 5.74) is -0.249. The molecule has 0 saturated heterocycles. The number of rotatable bonds is 2. The zero-order chi connectivity index (χ0) is 11.5. The minimum Gasteiger partial charge on any atom is -0.298 e. The molecule has 0 unspecified atom stereocenters. The van der Waals surface area contributed by atoms with Gasteiger partial charge >= 0.3 is 6.18 Å². The van der Waals surface area contributed by atoms with Gasteiger partial charge in [-0.05, 0) is 5.56 Å². The molecule has 1 aromatic carbocycles. The zero-order valence-corrected chi connectivity index (χ0v) is 8.35. The third-order valence-electron chi connectivity index (χ3n) is 1.73. The van der Waals surface area contributed by atoms with E-state index in [0.717, 1.165) is 0 Å². The van der Waals surface area contributed by atoms with Crippen molar-refractivity contribution in [1.29, 1.82) is 0 Å². The minimum atomic E-state index is -4.60. The number of allylic oxidation sites excluding steroid dienone is 2. The summed E-state index contributed by atoms with van der Waals surface area (Å²) < 4.78 is 36.8. The van der Waals surface area contributed by atoms with Crippen LogP contribution in [0, 0.1) is 0 Å². The molecule has 0 aliphatic heterocycles. The Morgan fingerprint density at radius 3 is 2.13 bits per heavy atom. The molecule has 1 nitrogen and oxygen atoms in total. The zero-order valence-electron chi connectivity index (χ0n) is 7.45. The van der Waals surface area contributed by atoms with Gasteiger partial charge in [0.15, 0.2) is 6.29 Å². The van der Waals surface area contributed by atoms with Gasteiger partial charge in [0.05, 0.1) is 4.91 Å². The first-order chi connectivity index (χ1) is 6.96. The average molecular weight is 232 g/mol. The van der Waals surface area contributed by atoms with E-state index in [4.69, 9.17) is 0 Å². The van der Waals surface area contributed by atoms with Crippen LogP contribution in [0.2, 0.25) is 0 Å². The summed E-state index contributed by atoms with van der Waals surface area (Å²) in [7, 11) is 0. The number of halogens is 3. The molecule has 0 bridgehead atoms. The van der Waals surface area contributed by atoms with Crippen molar-refractivity contribution in [3.8, 4) is 0 Å². The van der Waals surface area contributed by atoms with Crippen LogP contribution in [0.5, 0.6) is 0 Å². The Bertz CT molecular complexity index is 381. The second-order valence-electron chi connectivity index (χ2n) is 2.74. The van der Waals surface area contributed by atoms with E-state index in [1.54, 1.807) is 18.2 Å². The molecule has 0 heterocycles. The Balaban J connectivity index is 3.26. The maximum Gasteiger partial charge on any atom is 0.422 e. The number of thiol groups is 1. The van der Waals surface area contributed by atoms with Gasteiger partial charge in [-0.25, -0.2) is 0 Å². The van der Waals surface area contributed by atoms with Crippen LogP contribution in [0.4, 0.5) is 13.2 Å². The van der Waals surface area contributed by atoms with Crippen LogP contribution in [0.1, 0.15) is 5.56 Å². The molecule has 0 saturated carbocycles. The molecule has 0 aromatic heterocycles. The van der Waals surface area contributed by atoms with Crippen molar-refractivity contribution in [3.63, 3.8) is 0 Å². The van der Waals surface area contributed by atoms with E-state index < -0.39 is 16.7 Å². The van der Waals surface area contributed by atoms with Crippen molar-refractivity contribution >= 4 is 24.5 Å². The number of hydrogen-bond donors (Lipinski definition) is 1. The smallest absolute Gasteiger partial charge is 0.298 e. The van der Waals surface area contributed by atoms with Gasteiger partial charge in [0.1, 0.15) is 0 Å². The summed E-state index contributed by atoms with van der Waals surface area (Å²) in [5.74, 6) is 0. The highest BCUT2D eigenvalue weighted by Gasteiger charge is 2.34. The Morgan fingerprint density at radius 2 is 1.73 bits per heavy atom. The van der Waals surface area contributed by atoms with Crippen LogP contribution in [0.3, 0.4) is 0 Å². The summed E-state index contributed by atoms with van der Waals surface area (Å²) in [6.07, 6.45) is -4.44. The second kappa shape index (κ2) is 4.53. The van der Waals surface area contributed by atoms with Crippen LogP contribution in [0.25, 0.3) is 5.57 Å². The van der Waals surface area contributed by atoms with Crippen molar-refractivity contribution < 1.29 is 18.0 Å². The monoisotopic (exact) mass is 232 g/mol. The highest BCUT2D eigenvalue weighted by molar-refractivity contribution is 7.84. The van der Waals surface area contributed by atoms with E-state index >= 15 is 0 Å². The minimum absolute atomic E-state index is 0.158. The molecular formula is C10H7F3OS.